The van der Waals surface area contributed by atoms with Crippen LogP contribution in [0.3, 0.4) is 0 Å². The van der Waals surface area contributed by atoms with Crippen molar-refractivity contribution in [1.29, 1.82) is 0 Å². The van der Waals surface area contributed by atoms with Crippen LogP contribution in [0.4, 0.5) is 39.5 Å². The summed E-state index contributed by atoms with van der Waals surface area (Å²) in [5.74, 6) is -1.79. The van der Waals surface area contributed by atoms with E-state index in [-0.39, 0.29) is 53.7 Å². The number of ketones is 1. The van der Waals surface area contributed by atoms with Gasteiger partial charge in [0.05, 0.1) is 25.0 Å². The first-order valence-electron chi connectivity index (χ1n) is 17.7. The van der Waals surface area contributed by atoms with Crippen LogP contribution in [0.15, 0.2) is 30.0 Å². The third-order valence-electron chi connectivity index (χ3n) is 7.59. The SMILES string of the molecule is CC(C)(C)c1cccc(C(C)(C)C)n1.CCOC(=O)C1CCC=C(OS(=O)(=O)C(F)(F)F)C1.CCOC(=O)C1CCCC(=O)C1.O=S(=O)(OS(=O)(=O)C(F)(F)F)C(F)(F)F. The highest BCUT2D eigenvalue weighted by Crippen LogP contribution is 2.34. The molecule has 1 fully saturated rings. The van der Waals surface area contributed by atoms with E-state index >= 15 is 0 Å². The summed E-state index contributed by atoms with van der Waals surface area (Å²) in [4.78, 5) is 38.3. The van der Waals surface area contributed by atoms with Gasteiger partial charge in [0.1, 0.15) is 11.5 Å². The van der Waals surface area contributed by atoms with Gasteiger partial charge in [-0.2, -0.15) is 64.8 Å². The van der Waals surface area contributed by atoms with Crippen molar-refractivity contribution in [3.05, 3.63) is 41.4 Å². The molecule has 0 aromatic carbocycles. The third kappa shape index (κ3) is 19.0. The van der Waals surface area contributed by atoms with Crippen molar-refractivity contribution < 1.29 is 96.4 Å². The van der Waals surface area contributed by atoms with E-state index in [0.717, 1.165) is 12.8 Å². The van der Waals surface area contributed by atoms with E-state index in [4.69, 9.17) is 14.5 Å². The van der Waals surface area contributed by atoms with E-state index in [9.17, 15) is 79.2 Å². The van der Waals surface area contributed by atoms with Gasteiger partial charge in [0.15, 0.2) is 0 Å². The molecule has 1 heterocycles. The van der Waals surface area contributed by atoms with Crippen LogP contribution >= 0.6 is 0 Å². The van der Waals surface area contributed by atoms with Crippen LogP contribution in [0.5, 0.6) is 0 Å². The molecule has 2 aliphatic rings. The van der Waals surface area contributed by atoms with Crippen molar-refractivity contribution in [2.45, 2.75) is 128 Å². The molecule has 60 heavy (non-hydrogen) atoms. The lowest BCUT2D eigenvalue weighted by atomic mass is 9.88. The normalized spacial score (nSPS) is 18.1. The minimum absolute atomic E-state index is 0.140. The molecule has 3 rings (SSSR count). The quantitative estimate of drug-likeness (QED) is 0.106. The number of hydrogen-bond acceptors (Lipinski definition) is 14. The van der Waals surface area contributed by atoms with Gasteiger partial charge in [0.25, 0.3) is 0 Å². The number of esters is 2. The fourth-order valence-corrected chi connectivity index (χ4v) is 6.62. The summed E-state index contributed by atoms with van der Waals surface area (Å²) in [6, 6.07) is 6.32. The number of halogens is 9. The number of alkyl halides is 9. The molecule has 0 N–H and O–H groups in total. The molecule has 1 aromatic rings. The van der Waals surface area contributed by atoms with E-state index in [0.29, 0.717) is 25.9 Å². The maximum absolute atomic E-state index is 12.1. The molecule has 0 amide bonds. The van der Waals surface area contributed by atoms with Gasteiger partial charge in [-0.05, 0) is 57.7 Å². The average molecular weight is 946 g/mol. The van der Waals surface area contributed by atoms with Crippen molar-refractivity contribution in [2.75, 3.05) is 13.2 Å². The maximum atomic E-state index is 12.1. The standard InChI is InChI=1S/C13H21N.C10H13F3O5S.C9H14O3.C2F6O5S2/c1-12(2,3)10-8-7-9-11(14-10)13(4,5)6;1-2-17-9(14)7-4-3-5-8(6-7)18-19(15,16)10(11,12)13;1-2-12-9(11)7-4-3-5-8(10)6-7;3-1(4,5)14(9,10)13-15(11,12)2(6,7)8/h7-9H,1-6H3;5,7H,2-4,6H2,1H3;7H,2-6H2,1H3;. The van der Waals surface area contributed by atoms with Gasteiger partial charge in [-0.1, -0.05) is 47.6 Å². The monoisotopic (exact) mass is 945 g/mol. The van der Waals surface area contributed by atoms with Crippen LogP contribution in [0.25, 0.3) is 0 Å². The Morgan fingerprint density at radius 2 is 1.07 bits per heavy atom. The topological polar surface area (TPSA) is 203 Å². The maximum Gasteiger partial charge on any atom is 0.534 e. The number of Topliss-reactive ketones (excluding diaryl/α,β-unsaturated/α-hetero) is 1. The van der Waals surface area contributed by atoms with Gasteiger partial charge in [0.2, 0.25) is 0 Å². The summed E-state index contributed by atoms with van der Waals surface area (Å²) in [6.45, 7) is 17.1. The molecule has 26 heteroatoms. The summed E-state index contributed by atoms with van der Waals surface area (Å²) < 4.78 is 182. The number of aromatic nitrogens is 1. The van der Waals surface area contributed by atoms with Gasteiger partial charge in [-0.15, -0.1) is 3.63 Å². The lowest BCUT2D eigenvalue weighted by molar-refractivity contribution is -0.151. The van der Waals surface area contributed by atoms with Crippen LogP contribution < -0.4 is 0 Å². The first-order chi connectivity index (χ1) is 26.8. The molecule has 0 aliphatic heterocycles. The number of hydrogen-bond donors (Lipinski definition) is 0. The highest BCUT2D eigenvalue weighted by Gasteiger charge is 2.57. The van der Waals surface area contributed by atoms with Gasteiger partial charge in [-0.3, -0.25) is 19.4 Å². The Bertz CT molecular complexity index is 1900. The van der Waals surface area contributed by atoms with Gasteiger partial charge < -0.3 is 13.7 Å². The molecular formula is C34H48F9NO13S3. The van der Waals surface area contributed by atoms with E-state index in [2.05, 4.69) is 63.9 Å². The van der Waals surface area contributed by atoms with Crippen molar-refractivity contribution in [2.24, 2.45) is 11.8 Å². The first-order valence-corrected chi connectivity index (χ1v) is 21.9. The molecule has 2 unspecified atom stereocenters. The Labute approximate surface area is 342 Å². The molecule has 348 valence electrons. The van der Waals surface area contributed by atoms with Crippen LogP contribution in [-0.2, 0) is 72.9 Å². The van der Waals surface area contributed by atoms with Crippen molar-refractivity contribution in [3.8, 4) is 0 Å². The predicted molar refractivity (Wildman–Crippen MR) is 194 cm³/mol. The van der Waals surface area contributed by atoms with Crippen molar-refractivity contribution in [1.82, 2.24) is 4.98 Å². The molecule has 1 aromatic heterocycles. The number of nitrogens with zero attached hydrogens (tertiary/aromatic N) is 1. The van der Waals surface area contributed by atoms with Gasteiger partial charge >= 0.3 is 58.8 Å². The Hall–Kier alpha value is -3.52. The second-order valence-electron chi connectivity index (χ2n) is 14.7. The fourth-order valence-electron chi connectivity index (χ4n) is 4.54. The Balaban J connectivity index is 0.000000784. The Morgan fingerprint density at radius 3 is 1.42 bits per heavy atom. The van der Waals surface area contributed by atoms with Crippen LogP contribution in [0.1, 0.15) is 112 Å². The minimum Gasteiger partial charge on any atom is -0.466 e. The van der Waals surface area contributed by atoms with E-state index < -0.39 is 58.8 Å². The number of pyridine rings is 1. The third-order valence-corrected chi connectivity index (χ3v) is 11.2. The van der Waals surface area contributed by atoms with Crippen molar-refractivity contribution in [3.63, 3.8) is 0 Å². The van der Waals surface area contributed by atoms with E-state index in [1.165, 1.54) is 17.5 Å². The highest BCUT2D eigenvalue weighted by molar-refractivity contribution is 8.00. The molecular weight excluding hydrogens is 898 g/mol. The number of ether oxygens (including phenoxy) is 2. The zero-order valence-corrected chi connectivity index (χ0v) is 36.2. The number of carbonyl (C=O) groups excluding carboxylic acids is 3. The molecule has 0 bridgehead atoms. The molecule has 0 saturated heterocycles. The zero-order valence-electron chi connectivity index (χ0n) is 33.7. The van der Waals surface area contributed by atoms with Crippen molar-refractivity contribution >= 4 is 48.1 Å². The van der Waals surface area contributed by atoms with Gasteiger partial charge in [0, 0.05) is 41.5 Å². The van der Waals surface area contributed by atoms with E-state index in [1.54, 1.807) is 13.8 Å². The zero-order chi connectivity index (χ0) is 47.3. The van der Waals surface area contributed by atoms with Crippen LogP contribution in [0.2, 0.25) is 0 Å². The summed E-state index contributed by atoms with van der Waals surface area (Å²) in [6.07, 6.45) is 4.33. The second kappa shape index (κ2) is 22.0. The molecule has 2 aliphatic carbocycles. The molecule has 0 radical (unpaired) electrons. The second-order valence-corrected chi connectivity index (χ2v) is 19.6. The first kappa shape index (κ1) is 56.5. The van der Waals surface area contributed by atoms with Gasteiger partial charge in [-0.25, -0.2) is 0 Å². The van der Waals surface area contributed by atoms with E-state index in [1.807, 2.05) is 3.63 Å². The largest absolute Gasteiger partial charge is 0.534 e. The minimum atomic E-state index is -6.85. The van der Waals surface area contributed by atoms with Crippen LogP contribution in [0, 0.1) is 11.8 Å². The summed E-state index contributed by atoms with van der Waals surface area (Å²) in [5.41, 5.74) is -15.4. The fraction of sp³-hybridized carbons (Fsp3) is 0.706. The summed E-state index contributed by atoms with van der Waals surface area (Å²) in [5, 5.41) is 0. The smallest absolute Gasteiger partial charge is 0.466 e. The molecule has 2 atom stereocenters. The summed E-state index contributed by atoms with van der Waals surface area (Å²) >= 11 is 0. The molecule has 0 spiro atoms. The Morgan fingerprint density at radius 1 is 0.667 bits per heavy atom. The average Bonchev–Trinajstić information content (AvgIpc) is 3.07. The lowest BCUT2D eigenvalue weighted by Crippen LogP contribution is -2.34. The predicted octanol–water partition coefficient (Wildman–Crippen LogP) is 7.79. The lowest BCUT2D eigenvalue weighted by Gasteiger charge is -2.23. The van der Waals surface area contributed by atoms with Crippen LogP contribution in [-0.4, -0.2) is 77.7 Å². The number of rotatable bonds is 8. The highest BCUT2D eigenvalue weighted by atomic mass is 32.3. The Kier molecular flexibility index (Phi) is 20.7. The summed E-state index contributed by atoms with van der Waals surface area (Å²) in [7, 11) is -19.4. The number of allylic oxidation sites excluding steroid dienone is 2. The molecule has 14 nitrogen and oxygen atoms in total. The molecule has 1 saturated carbocycles. The number of carbonyl (C=O) groups is 3.